The first-order valence-electron chi connectivity index (χ1n) is 7.27. The zero-order valence-electron chi connectivity index (χ0n) is 11.8. The summed E-state index contributed by atoms with van der Waals surface area (Å²) >= 11 is 3.49. The van der Waals surface area contributed by atoms with E-state index in [4.69, 9.17) is 0 Å². The van der Waals surface area contributed by atoms with Crippen LogP contribution in [0.25, 0.3) is 0 Å². The molecule has 1 fully saturated rings. The van der Waals surface area contributed by atoms with Crippen LogP contribution in [-0.2, 0) is 6.42 Å². The highest BCUT2D eigenvalue weighted by atomic mass is 79.9. The second-order valence-corrected chi connectivity index (χ2v) is 6.64. The fraction of sp³-hybridized carbons (Fsp3) is 0.625. The second-order valence-electron chi connectivity index (χ2n) is 5.78. The molecular formula is C16H23BrFN. The highest BCUT2D eigenvalue weighted by Gasteiger charge is 2.28. The standard InChI is InChI=1S/C16H23BrFN/c1-3-19-16-7-4-11(2)8-13(16)9-12-5-6-14(18)10-15(12)17/h5-6,10-11,13,16,19H,3-4,7-9H2,1-2H3. The Balaban J connectivity index is 2.09. The minimum atomic E-state index is -0.170. The number of benzene rings is 1. The minimum Gasteiger partial charge on any atom is -0.314 e. The van der Waals surface area contributed by atoms with Gasteiger partial charge in [-0.2, -0.15) is 0 Å². The summed E-state index contributed by atoms with van der Waals surface area (Å²) in [6, 6.07) is 5.67. The van der Waals surface area contributed by atoms with E-state index < -0.39 is 0 Å². The van der Waals surface area contributed by atoms with Gasteiger partial charge in [0.05, 0.1) is 0 Å². The third-order valence-electron chi connectivity index (χ3n) is 4.21. The Bertz CT molecular complexity index is 421. The van der Waals surface area contributed by atoms with Crippen LogP contribution in [0, 0.1) is 17.7 Å². The van der Waals surface area contributed by atoms with Crippen LogP contribution in [0.3, 0.4) is 0 Å². The third-order valence-corrected chi connectivity index (χ3v) is 4.95. The first kappa shape index (κ1) is 15.0. The quantitative estimate of drug-likeness (QED) is 0.855. The molecule has 1 nitrogen and oxygen atoms in total. The molecule has 1 aromatic carbocycles. The molecule has 0 radical (unpaired) electrons. The van der Waals surface area contributed by atoms with Gasteiger partial charge in [-0.25, -0.2) is 4.39 Å². The van der Waals surface area contributed by atoms with Gasteiger partial charge in [-0.3, -0.25) is 0 Å². The average molecular weight is 328 g/mol. The van der Waals surface area contributed by atoms with Crippen molar-refractivity contribution >= 4 is 15.9 Å². The van der Waals surface area contributed by atoms with Crippen molar-refractivity contribution in [3.05, 3.63) is 34.1 Å². The lowest BCUT2D eigenvalue weighted by Gasteiger charge is -2.35. The van der Waals surface area contributed by atoms with Crippen molar-refractivity contribution in [3.8, 4) is 0 Å². The molecule has 1 saturated carbocycles. The monoisotopic (exact) mass is 327 g/mol. The fourth-order valence-corrected chi connectivity index (χ4v) is 3.74. The van der Waals surface area contributed by atoms with Crippen LogP contribution >= 0.6 is 15.9 Å². The van der Waals surface area contributed by atoms with Crippen LogP contribution in [0.15, 0.2) is 22.7 Å². The van der Waals surface area contributed by atoms with E-state index >= 15 is 0 Å². The summed E-state index contributed by atoms with van der Waals surface area (Å²) in [4.78, 5) is 0. The summed E-state index contributed by atoms with van der Waals surface area (Å²) < 4.78 is 14.0. The van der Waals surface area contributed by atoms with E-state index in [1.807, 2.05) is 6.07 Å². The SMILES string of the molecule is CCNC1CCC(C)CC1Cc1ccc(F)cc1Br. The normalized spacial score (nSPS) is 27.5. The van der Waals surface area contributed by atoms with Crippen LogP contribution in [0.5, 0.6) is 0 Å². The Hall–Kier alpha value is -0.410. The van der Waals surface area contributed by atoms with Crippen molar-refractivity contribution in [2.45, 2.75) is 45.6 Å². The minimum absolute atomic E-state index is 0.170. The Kier molecular flexibility index (Phi) is 5.40. The van der Waals surface area contributed by atoms with Gasteiger partial charge < -0.3 is 5.32 Å². The van der Waals surface area contributed by atoms with Gasteiger partial charge in [0.15, 0.2) is 0 Å². The highest BCUT2D eigenvalue weighted by Crippen LogP contribution is 2.33. The summed E-state index contributed by atoms with van der Waals surface area (Å²) in [6.07, 6.45) is 4.88. The van der Waals surface area contributed by atoms with Gasteiger partial charge in [0, 0.05) is 10.5 Å². The zero-order chi connectivity index (χ0) is 13.8. The van der Waals surface area contributed by atoms with Gasteiger partial charge in [0.25, 0.3) is 0 Å². The molecule has 2 rings (SSSR count). The van der Waals surface area contributed by atoms with Gasteiger partial charge in [-0.05, 0) is 61.8 Å². The maximum atomic E-state index is 13.1. The molecule has 0 spiro atoms. The third kappa shape index (κ3) is 4.03. The second kappa shape index (κ2) is 6.85. The first-order valence-corrected chi connectivity index (χ1v) is 8.06. The predicted octanol–water partition coefficient (Wildman–Crippen LogP) is 4.55. The van der Waals surface area contributed by atoms with Crippen molar-refractivity contribution in [2.24, 2.45) is 11.8 Å². The Morgan fingerprint density at radius 3 is 2.84 bits per heavy atom. The van der Waals surface area contributed by atoms with Gasteiger partial charge >= 0.3 is 0 Å². The lowest BCUT2D eigenvalue weighted by molar-refractivity contribution is 0.214. The largest absolute Gasteiger partial charge is 0.314 e. The van der Waals surface area contributed by atoms with Crippen molar-refractivity contribution in [1.29, 1.82) is 0 Å². The number of hydrogen-bond donors (Lipinski definition) is 1. The maximum Gasteiger partial charge on any atom is 0.124 e. The Morgan fingerprint density at radius 2 is 2.16 bits per heavy atom. The smallest absolute Gasteiger partial charge is 0.124 e. The molecule has 0 bridgehead atoms. The molecule has 3 atom stereocenters. The molecule has 1 aliphatic rings. The molecule has 19 heavy (non-hydrogen) atoms. The first-order chi connectivity index (χ1) is 9.10. The number of halogens is 2. The van der Waals surface area contributed by atoms with E-state index in [0.717, 1.165) is 23.4 Å². The molecule has 0 aromatic heterocycles. The van der Waals surface area contributed by atoms with Crippen LogP contribution in [0.2, 0.25) is 0 Å². The van der Waals surface area contributed by atoms with E-state index in [9.17, 15) is 4.39 Å². The highest BCUT2D eigenvalue weighted by molar-refractivity contribution is 9.10. The molecule has 106 valence electrons. The lowest BCUT2D eigenvalue weighted by atomic mass is 9.76. The van der Waals surface area contributed by atoms with Crippen molar-refractivity contribution < 1.29 is 4.39 Å². The van der Waals surface area contributed by atoms with Crippen LogP contribution in [-0.4, -0.2) is 12.6 Å². The molecule has 1 aromatic rings. The van der Waals surface area contributed by atoms with E-state index in [2.05, 4.69) is 35.1 Å². The van der Waals surface area contributed by atoms with Crippen LogP contribution in [0.4, 0.5) is 4.39 Å². The van der Waals surface area contributed by atoms with Gasteiger partial charge in [0.2, 0.25) is 0 Å². The average Bonchev–Trinajstić information content (AvgIpc) is 2.36. The zero-order valence-corrected chi connectivity index (χ0v) is 13.3. The lowest BCUT2D eigenvalue weighted by Crippen LogP contribution is -2.41. The summed E-state index contributed by atoms with van der Waals surface area (Å²) in [7, 11) is 0. The van der Waals surface area contributed by atoms with E-state index in [1.54, 1.807) is 12.1 Å². The number of hydrogen-bond acceptors (Lipinski definition) is 1. The van der Waals surface area contributed by atoms with Gasteiger partial charge in [-0.15, -0.1) is 0 Å². The maximum absolute atomic E-state index is 13.1. The van der Waals surface area contributed by atoms with Crippen LogP contribution in [0.1, 0.15) is 38.7 Å². The van der Waals surface area contributed by atoms with E-state index in [1.165, 1.54) is 24.8 Å². The molecule has 0 amide bonds. The van der Waals surface area contributed by atoms with Crippen molar-refractivity contribution in [2.75, 3.05) is 6.54 Å². The van der Waals surface area contributed by atoms with Gasteiger partial charge in [-0.1, -0.05) is 35.8 Å². The molecule has 0 heterocycles. The molecule has 0 saturated heterocycles. The Labute approximate surface area is 124 Å². The number of nitrogens with one attached hydrogen (secondary N) is 1. The fourth-order valence-electron chi connectivity index (χ4n) is 3.22. The van der Waals surface area contributed by atoms with Crippen molar-refractivity contribution in [1.82, 2.24) is 5.32 Å². The van der Waals surface area contributed by atoms with Crippen LogP contribution < -0.4 is 5.32 Å². The Morgan fingerprint density at radius 1 is 1.37 bits per heavy atom. The predicted molar refractivity (Wildman–Crippen MR) is 81.8 cm³/mol. The molecule has 1 N–H and O–H groups in total. The summed E-state index contributed by atoms with van der Waals surface area (Å²) in [5.74, 6) is 1.29. The van der Waals surface area contributed by atoms with Gasteiger partial charge in [0.1, 0.15) is 5.82 Å². The molecule has 3 heteroatoms. The topological polar surface area (TPSA) is 12.0 Å². The molecular weight excluding hydrogens is 305 g/mol. The summed E-state index contributed by atoms with van der Waals surface area (Å²) in [6.45, 7) is 5.54. The summed E-state index contributed by atoms with van der Waals surface area (Å²) in [5, 5.41) is 3.62. The molecule has 1 aliphatic carbocycles. The van der Waals surface area contributed by atoms with Crippen molar-refractivity contribution in [3.63, 3.8) is 0 Å². The van der Waals surface area contributed by atoms with E-state index in [-0.39, 0.29) is 5.82 Å². The van der Waals surface area contributed by atoms with E-state index in [0.29, 0.717) is 12.0 Å². The summed E-state index contributed by atoms with van der Waals surface area (Å²) in [5.41, 5.74) is 1.23. The number of rotatable bonds is 4. The molecule has 3 unspecified atom stereocenters. The molecule has 0 aliphatic heterocycles.